The fourth-order valence-electron chi connectivity index (χ4n) is 2.55. The van der Waals surface area contributed by atoms with Crippen LogP contribution >= 0.6 is 0 Å². The molecular formula is C14H25NO13. The van der Waals surface area contributed by atoms with Crippen LogP contribution in [0.3, 0.4) is 0 Å². The Morgan fingerprint density at radius 3 is 1.86 bits per heavy atom. The lowest BCUT2D eigenvalue weighted by atomic mass is 9.97. The largest absolute Gasteiger partial charge is 0.479 e. The first-order valence-corrected chi connectivity index (χ1v) is 8.10. The van der Waals surface area contributed by atoms with Crippen molar-refractivity contribution in [2.75, 3.05) is 6.61 Å². The SMILES string of the molecule is CC(=O)N[C@@H]1[C@@H](O)[C@@H](O)[C@@H](CO)O[C@H]1O.O=C(O)[C@H]1O[C@@H](O)[C@H](O)[C@@H](O)[C@@H]1O. The van der Waals surface area contributed by atoms with Crippen LogP contribution in [0.4, 0.5) is 0 Å². The van der Waals surface area contributed by atoms with Gasteiger partial charge in [-0.3, -0.25) is 4.79 Å². The van der Waals surface area contributed by atoms with Gasteiger partial charge in [0.15, 0.2) is 18.7 Å². The van der Waals surface area contributed by atoms with Crippen LogP contribution in [-0.4, -0.2) is 126 Å². The van der Waals surface area contributed by atoms with Gasteiger partial charge in [-0.1, -0.05) is 0 Å². The minimum Gasteiger partial charge on any atom is -0.479 e. The summed E-state index contributed by atoms with van der Waals surface area (Å²) in [4.78, 5) is 21.1. The van der Waals surface area contributed by atoms with E-state index in [0.29, 0.717) is 0 Å². The first kappa shape index (κ1) is 24.6. The van der Waals surface area contributed by atoms with E-state index in [0.717, 1.165) is 0 Å². The summed E-state index contributed by atoms with van der Waals surface area (Å²) in [5.41, 5.74) is 0. The Labute approximate surface area is 158 Å². The van der Waals surface area contributed by atoms with Crippen LogP contribution in [0, 0.1) is 0 Å². The van der Waals surface area contributed by atoms with Crippen LogP contribution in [0.25, 0.3) is 0 Å². The van der Waals surface area contributed by atoms with Crippen LogP contribution in [0.2, 0.25) is 0 Å². The van der Waals surface area contributed by atoms with Gasteiger partial charge in [0.25, 0.3) is 0 Å². The lowest BCUT2D eigenvalue weighted by Crippen LogP contribution is -2.63. The number of amides is 1. The number of ether oxygens (including phenoxy) is 2. The molecule has 0 radical (unpaired) electrons. The molecule has 14 heteroatoms. The Hall–Kier alpha value is -1.46. The number of hydrogen-bond donors (Lipinski definition) is 10. The Bertz CT molecular complexity index is 533. The van der Waals surface area contributed by atoms with Crippen LogP contribution in [0.1, 0.15) is 6.92 Å². The number of carboxylic acids is 1. The highest BCUT2D eigenvalue weighted by Gasteiger charge is 2.46. The summed E-state index contributed by atoms with van der Waals surface area (Å²) >= 11 is 0. The Morgan fingerprint density at radius 2 is 1.39 bits per heavy atom. The van der Waals surface area contributed by atoms with Crippen LogP contribution in [-0.2, 0) is 19.1 Å². The molecule has 2 heterocycles. The third kappa shape index (κ3) is 5.77. The van der Waals surface area contributed by atoms with Crippen molar-refractivity contribution in [3.05, 3.63) is 0 Å². The van der Waals surface area contributed by atoms with Crippen molar-refractivity contribution in [2.45, 2.75) is 68.3 Å². The van der Waals surface area contributed by atoms with Gasteiger partial charge in [-0.2, -0.15) is 0 Å². The number of carbonyl (C=O) groups excluding carboxylic acids is 1. The second kappa shape index (κ2) is 10.4. The normalized spacial score (nSPS) is 43.5. The molecule has 2 rings (SSSR count). The minimum atomic E-state index is -1.81. The van der Waals surface area contributed by atoms with Crippen molar-refractivity contribution < 1.29 is 65.0 Å². The van der Waals surface area contributed by atoms with E-state index in [9.17, 15) is 24.9 Å². The van der Waals surface area contributed by atoms with Crippen LogP contribution in [0.15, 0.2) is 0 Å². The zero-order valence-electron chi connectivity index (χ0n) is 14.6. The van der Waals surface area contributed by atoms with Crippen molar-refractivity contribution in [3.63, 3.8) is 0 Å². The first-order chi connectivity index (χ1) is 12.9. The summed E-state index contributed by atoms with van der Waals surface area (Å²) in [6, 6.07) is -1.10. The molecule has 28 heavy (non-hydrogen) atoms. The molecular weight excluding hydrogens is 390 g/mol. The van der Waals surface area contributed by atoms with Crippen molar-refractivity contribution in [2.24, 2.45) is 0 Å². The van der Waals surface area contributed by atoms with Gasteiger partial charge in [-0.25, -0.2) is 4.79 Å². The predicted octanol–water partition coefficient (Wildman–Crippen LogP) is -6.21. The molecule has 10 atom stereocenters. The average molecular weight is 415 g/mol. The Morgan fingerprint density at radius 1 is 0.821 bits per heavy atom. The fourth-order valence-corrected chi connectivity index (χ4v) is 2.55. The van der Waals surface area contributed by atoms with E-state index >= 15 is 0 Å². The summed E-state index contributed by atoms with van der Waals surface area (Å²) in [5, 5.41) is 83.8. The molecule has 10 N–H and O–H groups in total. The highest BCUT2D eigenvalue weighted by molar-refractivity contribution is 5.73. The molecule has 0 spiro atoms. The fraction of sp³-hybridized carbons (Fsp3) is 0.857. The molecule has 0 aromatic carbocycles. The van der Waals surface area contributed by atoms with Gasteiger partial charge >= 0.3 is 5.97 Å². The van der Waals surface area contributed by atoms with Crippen LogP contribution in [0.5, 0.6) is 0 Å². The number of carboxylic acid groups (broad SMARTS) is 1. The molecule has 0 unspecified atom stereocenters. The standard InChI is InChI=1S/C8H15NO6.C6H10O7/c1-3(11)9-5-7(13)6(12)4(2-10)15-8(5)14;7-1-2(8)4(5(10)11)13-6(12)3(1)9/h4-8,10,12-14H,2H2,1H3,(H,9,11);1-4,6-9,12H,(H,10,11)/t4-,5-,6+,7-,8-;1-,2-,3+,4-,6+/m10/s1. The third-order valence-corrected chi connectivity index (χ3v) is 4.10. The number of rotatable bonds is 3. The van der Waals surface area contributed by atoms with Gasteiger partial charge in [-0.05, 0) is 0 Å². The number of hydrogen-bond acceptors (Lipinski definition) is 12. The van der Waals surface area contributed by atoms with E-state index in [2.05, 4.69) is 10.1 Å². The summed E-state index contributed by atoms with van der Waals surface area (Å²) in [5.74, 6) is -1.98. The number of aliphatic carboxylic acids is 1. The Kier molecular flexibility index (Phi) is 9.09. The molecule has 2 fully saturated rings. The van der Waals surface area contributed by atoms with E-state index < -0.39 is 79.8 Å². The quantitative estimate of drug-likeness (QED) is 0.206. The molecule has 2 aliphatic heterocycles. The number of aliphatic hydroxyl groups excluding tert-OH is 8. The van der Waals surface area contributed by atoms with Crippen LogP contribution < -0.4 is 5.32 Å². The van der Waals surface area contributed by atoms with Gasteiger partial charge in [0, 0.05) is 6.92 Å². The molecule has 2 saturated heterocycles. The number of carbonyl (C=O) groups is 2. The first-order valence-electron chi connectivity index (χ1n) is 8.10. The van der Waals surface area contributed by atoms with E-state index in [4.69, 9.17) is 35.4 Å². The monoisotopic (exact) mass is 415 g/mol. The summed E-state index contributed by atoms with van der Waals surface area (Å²) < 4.78 is 9.15. The topological polar surface area (TPSA) is 247 Å². The Balaban J connectivity index is 0.000000283. The lowest BCUT2D eigenvalue weighted by Gasteiger charge is -2.40. The number of nitrogens with one attached hydrogen (secondary N) is 1. The summed E-state index contributed by atoms with van der Waals surface area (Å²) in [6.07, 6.45) is -14.0. The maximum atomic E-state index is 10.7. The van der Waals surface area contributed by atoms with Crippen molar-refractivity contribution in [1.29, 1.82) is 0 Å². The van der Waals surface area contributed by atoms with Crippen molar-refractivity contribution in [1.82, 2.24) is 5.32 Å². The second-order valence-corrected chi connectivity index (χ2v) is 6.21. The number of aliphatic hydroxyl groups is 8. The highest BCUT2D eigenvalue weighted by atomic mass is 16.6. The van der Waals surface area contributed by atoms with Gasteiger partial charge in [0.1, 0.15) is 42.7 Å². The maximum Gasteiger partial charge on any atom is 0.335 e. The van der Waals surface area contributed by atoms with Gasteiger partial charge < -0.3 is 60.7 Å². The van der Waals surface area contributed by atoms with Gasteiger partial charge in [0.05, 0.1) is 6.61 Å². The zero-order chi connectivity index (χ0) is 21.8. The van der Waals surface area contributed by atoms with E-state index in [1.165, 1.54) is 6.92 Å². The predicted molar refractivity (Wildman–Crippen MR) is 84.1 cm³/mol. The average Bonchev–Trinajstić information content (AvgIpc) is 2.63. The lowest BCUT2D eigenvalue weighted by molar-refractivity contribution is -0.279. The third-order valence-electron chi connectivity index (χ3n) is 4.10. The zero-order valence-corrected chi connectivity index (χ0v) is 14.6. The second-order valence-electron chi connectivity index (χ2n) is 6.21. The molecule has 1 amide bonds. The van der Waals surface area contributed by atoms with Gasteiger partial charge in [-0.15, -0.1) is 0 Å². The molecule has 0 aromatic rings. The van der Waals surface area contributed by atoms with Gasteiger partial charge in [0.2, 0.25) is 5.91 Å². The minimum absolute atomic E-state index is 0.462. The molecule has 0 bridgehead atoms. The molecule has 2 aliphatic rings. The molecule has 14 nitrogen and oxygen atoms in total. The smallest absolute Gasteiger partial charge is 0.335 e. The molecule has 0 saturated carbocycles. The van der Waals surface area contributed by atoms with Crippen molar-refractivity contribution >= 4 is 11.9 Å². The van der Waals surface area contributed by atoms with Crippen molar-refractivity contribution in [3.8, 4) is 0 Å². The molecule has 0 aliphatic carbocycles. The van der Waals surface area contributed by atoms with E-state index in [1.54, 1.807) is 0 Å². The highest BCUT2D eigenvalue weighted by Crippen LogP contribution is 2.20. The molecule has 164 valence electrons. The molecule has 0 aromatic heterocycles. The maximum absolute atomic E-state index is 10.7. The van der Waals surface area contributed by atoms with E-state index in [-0.39, 0.29) is 0 Å². The van der Waals surface area contributed by atoms with E-state index in [1.807, 2.05) is 0 Å². The summed E-state index contributed by atoms with van der Waals surface area (Å²) in [7, 11) is 0. The summed E-state index contributed by atoms with van der Waals surface area (Å²) in [6.45, 7) is 0.687.